The zero-order valence-corrected chi connectivity index (χ0v) is 12.7. The van der Waals surface area contributed by atoms with Crippen molar-refractivity contribution in [2.75, 3.05) is 0 Å². The molecule has 1 aromatic rings. The van der Waals surface area contributed by atoms with Crippen molar-refractivity contribution < 1.29 is 4.79 Å². The highest BCUT2D eigenvalue weighted by molar-refractivity contribution is 5.82. The van der Waals surface area contributed by atoms with Crippen molar-refractivity contribution >= 4 is 5.91 Å². The van der Waals surface area contributed by atoms with E-state index in [9.17, 15) is 4.79 Å². The molecule has 0 aliphatic carbocycles. The number of hydrogen-bond acceptors (Lipinski definition) is 2. The third kappa shape index (κ3) is 4.35. The van der Waals surface area contributed by atoms with Crippen LogP contribution < -0.4 is 11.1 Å². The maximum absolute atomic E-state index is 12.1. The van der Waals surface area contributed by atoms with Crippen LogP contribution in [0.4, 0.5) is 0 Å². The van der Waals surface area contributed by atoms with Crippen LogP contribution in [-0.2, 0) is 11.2 Å². The molecule has 0 bridgehead atoms. The second kappa shape index (κ2) is 6.20. The SMILES string of the molecule is CCc1ccc(C(C)NC(=O)C(N)C(C)(C)C)cc1. The van der Waals surface area contributed by atoms with Crippen molar-refractivity contribution in [3.8, 4) is 0 Å². The lowest BCUT2D eigenvalue weighted by molar-refractivity contribution is -0.125. The molecule has 0 saturated heterocycles. The number of amides is 1. The monoisotopic (exact) mass is 262 g/mol. The first kappa shape index (κ1) is 15.7. The van der Waals surface area contributed by atoms with Crippen molar-refractivity contribution in [2.45, 2.75) is 53.1 Å². The van der Waals surface area contributed by atoms with Crippen LogP contribution in [0.5, 0.6) is 0 Å². The summed E-state index contributed by atoms with van der Waals surface area (Å²) >= 11 is 0. The standard InChI is InChI=1S/C16H26N2O/c1-6-12-7-9-13(10-8-12)11(2)18-15(19)14(17)16(3,4)5/h7-11,14H,6,17H2,1-5H3,(H,18,19). The van der Waals surface area contributed by atoms with Gasteiger partial charge in [0, 0.05) is 0 Å². The Balaban J connectivity index is 2.68. The third-order valence-electron chi connectivity index (χ3n) is 3.46. The van der Waals surface area contributed by atoms with E-state index in [0.717, 1.165) is 12.0 Å². The van der Waals surface area contributed by atoms with E-state index in [1.54, 1.807) is 0 Å². The molecule has 1 aromatic carbocycles. The van der Waals surface area contributed by atoms with Gasteiger partial charge in [0.15, 0.2) is 0 Å². The zero-order valence-electron chi connectivity index (χ0n) is 12.7. The molecule has 19 heavy (non-hydrogen) atoms. The fraction of sp³-hybridized carbons (Fsp3) is 0.562. The molecular weight excluding hydrogens is 236 g/mol. The van der Waals surface area contributed by atoms with Crippen LogP contribution in [-0.4, -0.2) is 11.9 Å². The van der Waals surface area contributed by atoms with Gasteiger partial charge in [-0.25, -0.2) is 0 Å². The van der Waals surface area contributed by atoms with E-state index >= 15 is 0 Å². The number of carbonyl (C=O) groups excluding carboxylic acids is 1. The summed E-state index contributed by atoms with van der Waals surface area (Å²) in [5.74, 6) is -0.0976. The van der Waals surface area contributed by atoms with Crippen molar-refractivity contribution in [1.82, 2.24) is 5.32 Å². The molecular formula is C16H26N2O. The van der Waals surface area contributed by atoms with Gasteiger partial charge < -0.3 is 11.1 Å². The number of nitrogens with two attached hydrogens (primary N) is 1. The van der Waals surface area contributed by atoms with Crippen molar-refractivity contribution in [3.63, 3.8) is 0 Å². The lowest BCUT2D eigenvalue weighted by atomic mass is 9.86. The zero-order chi connectivity index (χ0) is 14.6. The fourth-order valence-corrected chi connectivity index (χ4v) is 1.82. The number of carbonyl (C=O) groups is 1. The minimum Gasteiger partial charge on any atom is -0.348 e. The van der Waals surface area contributed by atoms with Crippen molar-refractivity contribution in [3.05, 3.63) is 35.4 Å². The largest absolute Gasteiger partial charge is 0.348 e. The third-order valence-corrected chi connectivity index (χ3v) is 3.46. The topological polar surface area (TPSA) is 55.1 Å². The first-order valence-electron chi connectivity index (χ1n) is 6.90. The molecule has 1 amide bonds. The Hall–Kier alpha value is -1.35. The van der Waals surface area contributed by atoms with E-state index < -0.39 is 6.04 Å². The van der Waals surface area contributed by atoms with Crippen molar-refractivity contribution in [1.29, 1.82) is 0 Å². The maximum atomic E-state index is 12.1. The molecule has 2 atom stereocenters. The molecule has 0 heterocycles. The summed E-state index contributed by atoms with van der Waals surface area (Å²) in [6, 6.07) is 7.80. The quantitative estimate of drug-likeness (QED) is 0.876. The van der Waals surface area contributed by atoms with E-state index in [0.29, 0.717) is 0 Å². The Morgan fingerprint density at radius 1 is 1.26 bits per heavy atom. The molecule has 0 saturated carbocycles. The van der Waals surface area contributed by atoms with E-state index in [1.807, 2.05) is 27.7 Å². The molecule has 0 spiro atoms. The second-order valence-electron chi connectivity index (χ2n) is 6.17. The van der Waals surface area contributed by atoms with Crippen LogP contribution in [0.25, 0.3) is 0 Å². The van der Waals surface area contributed by atoms with Gasteiger partial charge in [-0.1, -0.05) is 52.0 Å². The van der Waals surface area contributed by atoms with E-state index in [-0.39, 0.29) is 17.4 Å². The Morgan fingerprint density at radius 3 is 2.21 bits per heavy atom. The van der Waals surface area contributed by atoms with Crippen LogP contribution >= 0.6 is 0 Å². The molecule has 3 N–H and O–H groups in total. The molecule has 3 nitrogen and oxygen atoms in total. The first-order chi connectivity index (χ1) is 8.75. The fourth-order valence-electron chi connectivity index (χ4n) is 1.82. The van der Waals surface area contributed by atoms with E-state index in [4.69, 9.17) is 5.73 Å². The molecule has 0 radical (unpaired) electrons. The lowest BCUT2D eigenvalue weighted by Crippen LogP contribution is -2.49. The normalized spacial score (nSPS) is 14.8. The minimum atomic E-state index is -0.495. The Bertz CT molecular complexity index is 417. The molecule has 0 aliphatic rings. The summed E-state index contributed by atoms with van der Waals surface area (Å²) in [7, 11) is 0. The van der Waals surface area contributed by atoms with Crippen LogP contribution in [0.1, 0.15) is 51.8 Å². The lowest BCUT2D eigenvalue weighted by Gasteiger charge is -2.27. The van der Waals surface area contributed by atoms with Gasteiger partial charge in [-0.3, -0.25) is 4.79 Å². The molecule has 0 aromatic heterocycles. The Labute approximate surface area is 116 Å². The highest BCUT2D eigenvalue weighted by Gasteiger charge is 2.28. The summed E-state index contributed by atoms with van der Waals surface area (Å²) in [6.45, 7) is 10.0. The van der Waals surface area contributed by atoms with Crippen molar-refractivity contribution in [2.24, 2.45) is 11.1 Å². The Morgan fingerprint density at radius 2 is 1.79 bits per heavy atom. The predicted molar refractivity (Wildman–Crippen MR) is 79.8 cm³/mol. The van der Waals surface area contributed by atoms with Gasteiger partial charge in [-0.2, -0.15) is 0 Å². The molecule has 1 rings (SSSR count). The summed E-state index contributed by atoms with van der Waals surface area (Å²) in [5.41, 5.74) is 8.13. The molecule has 0 aliphatic heterocycles. The maximum Gasteiger partial charge on any atom is 0.237 e. The average Bonchev–Trinajstić information content (AvgIpc) is 2.36. The summed E-state index contributed by atoms with van der Waals surface area (Å²) in [6.07, 6.45) is 1.02. The van der Waals surface area contributed by atoms with E-state index in [1.165, 1.54) is 5.56 Å². The first-order valence-corrected chi connectivity index (χ1v) is 6.90. The van der Waals surface area contributed by atoms with E-state index in [2.05, 4.69) is 36.5 Å². The molecule has 106 valence electrons. The smallest absolute Gasteiger partial charge is 0.237 e. The van der Waals surface area contributed by atoms with Gasteiger partial charge >= 0.3 is 0 Å². The number of aryl methyl sites for hydroxylation is 1. The summed E-state index contributed by atoms with van der Waals surface area (Å²) in [5, 5.41) is 2.98. The van der Waals surface area contributed by atoms with Gasteiger partial charge in [-0.15, -0.1) is 0 Å². The number of nitrogens with one attached hydrogen (secondary N) is 1. The number of hydrogen-bond donors (Lipinski definition) is 2. The second-order valence-corrected chi connectivity index (χ2v) is 6.17. The van der Waals surface area contributed by atoms with Gasteiger partial charge in [0.25, 0.3) is 0 Å². The molecule has 0 fully saturated rings. The molecule has 2 unspecified atom stereocenters. The Kier molecular flexibility index (Phi) is 5.12. The summed E-state index contributed by atoms with van der Waals surface area (Å²) < 4.78 is 0. The van der Waals surface area contributed by atoms with Gasteiger partial charge in [-0.05, 0) is 29.9 Å². The number of rotatable bonds is 4. The highest BCUT2D eigenvalue weighted by Crippen LogP contribution is 2.19. The van der Waals surface area contributed by atoms with Gasteiger partial charge in [0.1, 0.15) is 0 Å². The highest BCUT2D eigenvalue weighted by atomic mass is 16.2. The average molecular weight is 262 g/mol. The summed E-state index contributed by atoms with van der Waals surface area (Å²) in [4.78, 5) is 12.1. The van der Waals surface area contributed by atoms with Crippen LogP contribution in [0, 0.1) is 5.41 Å². The van der Waals surface area contributed by atoms with Crippen LogP contribution in [0.2, 0.25) is 0 Å². The minimum absolute atomic E-state index is 0.0215. The van der Waals surface area contributed by atoms with Gasteiger partial charge in [0.2, 0.25) is 5.91 Å². The van der Waals surface area contributed by atoms with Crippen LogP contribution in [0.3, 0.4) is 0 Å². The predicted octanol–water partition coefficient (Wildman–Crippen LogP) is 2.80. The van der Waals surface area contributed by atoms with Gasteiger partial charge in [0.05, 0.1) is 12.1 Å². The number of benzene rings is 1. The molecule has 3 heteroatoms. The van der Waals surface area contributed by atoms with Crippen LogP contribution in [0.15, 0.2) is 24.3 Å².